The minimum absolute atomic E-state index is 1.09. The van der Waals surface area contributed by atoms with Crippen molar-refractivity contribution in [2.75, 3.05) is 6.54 Å². The number of hydrogen-bond acceptors (Lipinski definition) is 1. The van der Waals surface area contributed by atoms with E-state index in [4.69, 9.17) is 0 Å². The normalized spacial score (nSPS) is 13.6. The molecule has 0 unspecified atom stereocenters. The second-order valence-corrected chi connectivity index (χ2v) is 5.96. The lowest BCUT2D eigenvalue weighted by molar-refractivity contribution is 0.353. The van der Waals surface area contributed by atoms with Gasteiger partial charge >= 0.3 is 0 Å². The lowest BCUT2D eigenvalue weighted by atomic mass is 10.0. The summed E-state index contributed by atoms with van der Waals surface area (Å²) in [6, 6.07) is 8.73. The molecule has 0 aliphatic carbocycles. The molecular formula is C19H29N. The Morgan fingerprint density at radius 1 is 0.900 bits per heavy atom. The topological polar surface area (TPSA) is 3.24 Å². The van der Waals surface area contributed by atoms with E-state index in [0.29, 0.717) is 0 Å². The highest BCUT2D eigenvalue weighted by Crippen LogP contribution is 2.19. The van der Waals surface area contributed by atoms with Crippen LogP contribution in [0.25, 0.3) is 6.08 Å². The lowest BCUT2D eigenvalue weighted by Gasteiger charge is -2.25. The standard InChI is InChI=1S/C19H29N/c1-2-3-4-5-6-7-8-11-15-20-16-14-18-12-9-10-13-19(18)17-20/h9-10,12-14,16H,2-8,11,15,17H2,1H3. The third kappa shape index (κ3) is 5.03. The van der Waals surface area contributed by atoms with Crippen LogP contribution in [-0.2, 0) is 6.54 Å². The Morgan fingerprint density at radius 2 is 1.60 bits per heavy atom. The van der Waals surface area contributed by atoms with Gasteiger partial charge in [-0.1, -0.05) is 76.1 Å². The Balaban J connectivity index is 1.56. The SMILES string of the molecule is CCCCCCCCCCN1C=Cc2ccccc2C1. The van der Waals surface area contributed by atoms with Crippen LogP contribution in [0.3, 0.4) is 0 Å². The van der Waals surface area contributed by atoms with Gasteiger partial charge < -0.3 is 4.90 Å². The number of unbranched alkanes of at least 4 members (excludes halogenated alkanes) is 7. The van der Waals surface area contributed by atoms with Crippen molar-refractivity contribution in [1.82, 2.24) is 4.90 Å². The van der Waals surface area contributed by atoms with E-state index in [1.807, 2.05) is 0 Å². The first-order valence-corrected chi connectivity index (χ1v) is 8.40. The molecule has 0 spiro atoms. The van der Waals surface area contributed by atoms with Gasteiger partial charge in [0.05, 0.1) is 0 Å². The summed E-state index contributed by atoms with van der Waals surface area (Å²) < 4.78 is 0. The summed E-state index contributed by atoms with van der Waals surface area (Å²) >= 11 is 0. The summed E-state index contributed by atoms with van der Waals surface area (Å²) in [6.07, 6.45) is 15.7. The van der Waals surface area contributed by atoms with Gasteiger partial charge in [-0.2, -0.15) is 0 Å². The van der Waals surface area contributed by atoms with Crippen molar-refractivity contribution in [3.63, 3.8) is 0 Å². The summed E-state index contributed by atoms with van der Waals surface area (Å²) in [4.78, 5) is 2.46. The summed E-state index contributed by atoms with van der Waals surface area (Å²) in [5.74, 6) is 0. The molecular weight excluding hydrogens is 242 g/mol. The first kappa shape index (κ1) is 15.2. The molecule has 1 aromatic rings. The Hall–Kier alpha value is -1.24. The summed E-state index contributed by atoms with van der Waals surface area (Å²) in [5, 5.41) is 0. The molecule has 1 aromatic carbocycles. The highest BCUT2D eigenvalue weighted by Gasteiger charge is 2.08. The molecule has 1 aliphatic heterocycles. The van der Waals surface area contributed by atoms with Crippen molar-refractivity contribution < 1.29 is 0 Å². The molecule has 0 atom stereocenters. The molecule has 1 nitrogen and oxygen atoms in total. The Kier molecular flexibility index (Phi) is 6.70. The number of fused-ring (bicyclic) bond motifs is 1. The molecule has 0 bridgehead atoms. The molecule has 0 radical (unpaired) electrons. The summed E-state index contributed by atoms with van der Waals surface area (Å²) in [5.41, 5.74) is 2.86. The van der Waals surface area contributed by atoms with Gasteiger partial charge in [-0.15, -0.1) is 0 Å². The molecule has 1 aliphatic rings. The van der Waals surface area contributed by atoms with E-state index in [2.05, 4.69) is 48.4 Å². The highest BCUT2D eigenvalue weighted by molar-refractivity contribution is 5.55. The number of nitrogens with zero attached hydrogens (tertiary/aromatic N) is 1. The summed E-state index contributed by atoms with van der Waals surface area (Å²) in [6.45, 7) is 4.58. The molecule has 0 saturated carbocycles. The molecule has 2 rings (SSSR count). The zero-order chi connectivity index (χ0) is 14.0. The van der Waals surface area contributed by atoms with Crippen LogP contribution >= 0.6 is 0 Å². The molecule has 1 heterocycles. The van der Waals surface area contributed by atoms with Gasteiger partial charge in [-0.25, -0.2) is 0 Å². The minimum atomic E-state index is 1.09. The molecule has 0 aromatic heterocycles. The van der Waals surface area contributed by atoms with Gasteiger partial charge in [0, 0.05) is 13.1 Å². The molecule has 20 heavy (non-hydrogen) atoms. The molecule has 1 heteroatoms. The fraction of sp³-hybridized carbons (Fsp3) is 0.579. The fourth-order valence-corrected chi connectivity index (χ4v) is 2.90. The molecule has 0 amide bonds. The van der Waals surface area contributed by atoms with E-state index in [1.165, 1.54) is 69.0 Å². The van der Waals surface area contributed by atoms with Crippen LogP contribution in [0.15, 0.2) is 30.5 Å². The first-order chi connectivity index (χ1) is 9.90. The first-order valence-electron chi connectivity index (χ1n) is 8.40. The monoisotopic (exact) mass is 271 g/mol. The third-order valence-corrected chi connectivity index (χ3v) is 4.19. The van der Waals surface area contributed by atoms with Gasteiger partial charge in [-0.05, 0) is 29.8 Å². The van der Waals surface area contributed by atoms with Crippen LogP contribution in [0.1, 0.15) is 69.4 Å². The molecule has 0 fully saturated rings. The van der Waals surface area contributed by atoms with E-state index in [9.17, 15) is 0 Å². The molecule has 0 saturated heterocycles. The van der Waals surface area contributed by atoms with Crippen molar-refractivity contribution in [2.24, 2.45) is 0 Å². The number of benzene rings is 1. The van der Waals surface area contributed by atoms with E-state index in [0.717, 1.165) is 6.54 Å². The van der Waals surface area contributed by atoms with Crippen molar-refractivity contribution in [1.29, 1.82) is 0 Å². The van der Waals surface area contributed by atoms with Gasteiger partial charge in [0.1, 0.15) is 0 Å². The highest BCUT2D eigenvalue weighted by atomic mass is 15.1. The maximum atomic E-state index is 2.46. The number of hydrogen-bond donors (Lipinski definition) is 0. The van der Waals surface area contributed by atoms with Crippen LogP contribution < -0.4 is 0 Å². The zero-order valence-electron chi connectivity index (χ0n) is 13.0. The number of rotatable bonds is 9. The van der Waals surface area contributed by atoms with Crippen LogP contribution in [0.4, 0.5) is 0 Å². The fourth-order valence-electron chi connectivity index (χ4n) is 2.90. The van der Waals surface area contributed by atoms with E-state index in [-0.39, 0.29) is 0 Å². The van der Waals surface area contributed by atoms with Crippen LogP contribution in [0.5, 0.6) is 0 Å². The molecule has 0 N–H and O–H groups in total. The van der Waals surface area contributed by atoms with Gasteiger partial charge in [0.25, 0.3) is 0 Å². The van der Waals surface area contributed by atoms with Gasteiger partial charge in [0.15, 0.2) is 0 Å². The second kappa shape index (κ2) is 8.84. The van der Waals surface area contributed by atoms with Crippen molar-refractivity contribution in [3.05, 3.63) is 41.6 Å². The average molecular weight is 271 g/mol. The van der Waals surface area contributed by atoms with Crippen molar-refractivity contribution >= 4 is 6.08 Å². The Morgan fingerprint density at radius 3 is 2.40 bits per heavy atom. The maximum absolute atomic E-state index is 2.46. The lowest BCUT2D eigenvalue weighted by Crippen LogP contribution is -2.21. The Bertz CT molecular complexity index is 408. The van der Waals surface area contributed by atoms with E-state index >= 15 is 0 Å². The second-order valence-electron chi connectivity index (χ2n) is 5.96. The third-order valence-electron chi connectivity index (χ3n) is 4.19. The molecule has 110 valence electrons. The van der Waals surface area contributed by atoms with E-state index < -0.39 is 0 Å². The van der Waals surface area contributed by atoms with Gasteiger partial charge in [0.2, 0.25) is 0 Å². The largest absolute Gasteiger partial charge is 0.373 e. The predicted octanol–water partition coefficient (Wildman–Crippen LogP) is 5.61. The Labute approximate surface area is 124 Å². The zero-order valence-corrected chi connectivity index (χ0v) is 13.0. The maximum Gasteiger partial charge on any atom is 0.0429 e. The van der Waals surface area contributed by atoms with Gasteiger partial charge in [-0.3, -0.25) is 0 Å². The van der Waals surface area contributed by atoms with Crippen LogP contribution in [-0.4, -0.2) is 11.4 Å². The van der Waals surface area contributed by atoms with Crippen LogP contribution in [0, 0.1) is 0 Å². The van der Waals surface area contributed by atoms with Crippen molar-refractivity contribution in [3.8, 4) is 0 Å². The van der Waals surface area contributed by atoms with Crippen molar-refractivity contribution in [2.45, 2.75) is 64.8 Å². The predicted molar refractivity (Wildman–Crippen MR) is 88.5 cm³/mol. The average Bonchev–Trinajstić information content (AvgIpc) is 2.50. The smallest absolute Gasteiger partial charge is 0.0429 e. The summed E-state index contributed by atoms with van der Waals surface area (Å²) in [7, 11) is 0. The van der Waals surface area contributed by atoms with E-state index in [1.54, 1.807) is 0 Å². The minimum Gasteiger partial charge on any atom is -0.373 e. The van der Waals surface area contributed by atoms with Crippen LogP contribution in [0.2, 0.25) is 0 Å². The quantitative estimate of drug-likeness (QED) is 0.527.